The lowest BCUT2D eigenvalue weighted by Gasteiger charge is -2.21. The van der Waals surface area contributed by atoms with Crippen LogP contribution in [0.15, 0.2) is 0 Å². The van der Waals surface area contributed by atoms with Crippen molar-refractivity contribution < 1.29 is 13.2 Å². The maximum absolute atomic E-state index is 12.1. The zero-order chi connectivity index (χ0) is 13.3. The molecule has 0 radical (unpaired) electrons. The van der Waals surface area contributed by atoms with Crippen LogP contribution >= 0.6 is 11.3 Å². The summed E-state index contributed by atoms with van der Waals surface area (Å²) in [6, 6.07) is -0.260. The molecule has 0 aliphatic carbocycles. The first-order chi connectivity index (χ1) is 8.43. The van der Waals surface area contributed by atoms with Gasteiger partial charge in [0.05, 0.1) is 11.5 Å². The number of hydrogen-bond acceptors (Lipinski definition) is 7. The van der Waals surface area contributed by atoms with E-state index >= 15 is 0 Å². The molecule has 0 bridgehead atoms. The molecule has 1 aliphatic heterocycles. The summed E-state index contributed by atoms with van der Waals surface area (Å²) in [5.41, 5.74) is 0. The number of carbonyl (C=O) groups excluding carboxylic acids is 1. The highest BCUT2D eigenvalue weighted by atomic mass is 32.2. The Bertz CT molecular complexity index is 554. The number of amides is 1. The second-order valence-electron chi connectivity index (χ2n) is 4.14. The van der Waals surface area contributed by atoms with Gasteiger partial charge in [-0.25, -0.2) is 8.42 Å². The van der Waals surface area contributed by atoms with Crippen LogP contribution in [0.2, 0.25) is 0 Å². The number of anilines is 1. The fraction of sp³-hybridized carbons (Fsp3) is 0.667. The van der Waals surface area contributed by atoms with Crippen molar-refractivity contribution in [3.63, 3.8) is 0 Å². The first-order valence-corrected chi connectivity index (χ1v) is 8.05. The molecule has 2 rings (SSSR count). The zero-order valence-electron chi connectivity index (χ0n) is 10.1. The van der Waals surface area contributed by atoms with Crippen molar-refractivity contribution in [2.24, 2.45) is 0 Å². The minimum Gasteiger partial charge on any atom is -0.363 e. The number of nitrogens with one attached hydrogen (secondary N) is 1. The van der Waals surface area contributed by atoms with Gasteiger partial charge in [-0.05, 0) is 6.42 Å². The van der Waals surface area contributed by atoms with Crippen LogP contribution in [-0.2, 0) is 9.84 Å². The lowest BCUT2D eigenvalue weighted by molar-refractivity contribution is 0.0746. The molecule has 9 heteroatoms. The van der Waals surface area contributed by atoms with E-state index in [-0.39, 0.29) is 28.5 Å². The molecule has 1 aromatic heterocycles. The fourth-order valence-corrected chi connectivity index (χ4v) is 4.26. The molecule has 1 aliphatic rings. The third-order valence-electron chi connectivity index (χ3n) is 2.90. The van der Waals surface area contributed by atoms with E-state index in [1.54, 1.807) is 14.1 Å². The average Bonchev–Trinajstić information content (AvgIpc) is 2.93. The van der Waals surface area contributed by atoms with E-state index in [4.69, 9.17) is 0 Å². The Hall–Kier alpha value is -1.22. The third kappa shape index (κ3) is 2.61. The van der Waals surface area contributed by atoms with E-state index in [2.05, 4.69) is 15.5 Å². The molecule has 0 aromatic carbocycles. The van der Waals surface area contributed by atoms with Gasteiger partial charge >= 0.3 is 0 Å². The molecule has 18 heavy (non-hydrogen) atoms. The molecule has 1 N–H and O–H groups in total. The predicted octanol–water partition coefficient (Wildman–Crippen LogP) is -0.161. The molecular formula is C9H14N4O3S2. The van der Waals surface area contributed by atoms with E-state index in [0.29, 0.717) is 11.6 Å². The van der Waals surface area contributed by atoms with Gasteiger partial charge in [0.15, 0.2) is 9.84 Å². The first kappa shape index (κ1) is 13.2. The van der Waals surface area contributed by atoms with E-state index in [0.717, 1.165) is 11.3 Å². The standard InChI is InChI=1S/C9H14N4O3S2/c1-10-9-12-11-7(17-9)8(14)13(2)6-3-4-18(15,16)5-6/h6H,3-5H2,1-2H3,(H,10,12). The van der Waals surface area contributed by atoms with Crippen LogP contribution in [0.25, 0.3) is 0 Å². The Morgan fingerprint density at radius 3 is 2.72 bits per heavy atom. The number of aromatic nitrogens is 2. The minimum atomic E-state index is -2.99. The summed E-state index contributed by atoms with van der Waals surface area (Å²) >= 11 is 1.15. The van der Waals surface area contributed by atoms with Crippen LogP contribution in [0.3, 0.4) is 0 Å². The number of rotatable bonds is 3. The Morgan fingerprint density at radius 2 is 2.22 bits per heavy atom. The van der Waals surface area contributed by atoms with Crippen LogP contribution in [0.5, 0.6) is 0 Å². The third-order valence-corrected chi connectivity index (χ3v) is 5.58. The molecule has 2 heterocycles. The quantitative estimate of drug-likeness (QED) is 0.831. The molecule has 1 unspecified atom stereocenters. The smallest absolute Gasteiger partial charge is 0.284 e. The van der Waals surface area contributed by atoms with Crippen LogP contribution < -0.4 is 5.32 Å². The zero-order valence-corrected chi connectivity index (χ0v) is 11.7. The number of nitrogens with zero attached hydrogens (tertiary/aromatic N) is 3. The highest BCUT2D eigenvalue weighted by Crippen LogP contribution is 2.21. The largest absolute Gasteiger partial charge is 0.363 e. The Labute approximate surface area is 109 Å². The van der Waals surface area contributed by atoms with Crippen molar-refractivity contribution in [3.05, 3.63) is 5.01 Å². The lowest BCUT2D eigenvalue weighted by Crippen LogP contribution is -2.37. The summed E-state index contributed by atoms with van der Waals surface area (Å²) < 4.78 is 22.8. The molecule has 1 fully saturated rings. The second kappa shape index (κ2) is 4.81. The SMILES string of the molecule is CNc1nnc(C(=O)N(C)C2CCS(=O)(=O)C2)s1. The van der Waals surface area contributed by atoms with Crippen LogP contribution in [0.4, 0.5) is 5.13 Å². The van der Waals surface area contributed by atoms with Gasteiger partial charge in [-0.15, -0.1) is 10.2 Å². The monoisotopic (exact) mass is 290 g/mol. The van der Waals surface area contributed by atoms with Gasteiger partial charge in [0.25, 0.3) is 5.91 Å². The Kier molecular flexibility index (Phi) is 3.53. The van der Waals surface area contributed by atoms with E-state index < -0.39 is 9.84 Å². The van der Waals surface area contributed by atoms with E-state index in [9.17, 15) is 13.2 Å². The summed E-state index contributed by atoms with van der Waals surface area (Å²) in [5.74, 6) is -0.101. The summed E-state index contributed by atoms with van der Waals surface area (Å²) in [7, 11) is 0.307. The van der Waals surface area contributed by atoms with Crippen molar-refractivity contribution >= 4 is 32.2 Å². The molecule has 1 atom stereocenters. The summed E-state index contributed by atoms with van der Waals surface area (Å²) in [6.45, 7) is 0. The van der Waals surface area contributed by atoms with E-state index in [1.807, 2.05) is 0 Å². The van der Waals surface area contributed by atoms with Crippen molar-refractivity contribution in [2.45, 2.75) is 12.5 Å². The molecular weight excluding hydrogens is 276 g/mol. The number of hydrogen-bond donors (Lipinski definition) is 1. The average molecular weight is 290 g/mol. The van der Waals surface area contributed by atoms with Crippen molar-refractivity contribution in [2.75, 3.05) is 30.9 Å². The Balaban J connectivity index is 2.09. The van der Waals surface area contributed by atoms with Crippen LogP contribution in [0.1, 0.15) is 16.2 Å². The molecule has 7 nitrogen and oxygen atoms in total. The molecule has 1 saturated heterocycles. The number of carbonyl (C=O) groups is 1. The van der Waals surface area contributed by atoms with Gasteiger partial charge in [-0.2, -0.15) is 0 Å². The highest BCUT2D eigenvalue weighted by molar-refractivity contribution is 7.91. The van der Waals surface area contributed by atoms with Crippen LogP contribution in [-0.4, -0.2) is 61.1 Å². The number of sulfone groups is 1. The van der Waals surface area contributed by atoms with Gasteiger partial charge in [-0.1, -0.05) is 11.3 Å². The van der Waals surface area contributed by atoms with Crippen molar-refractivity contribution in [1.29, 1.82) is 0 Å². The first-order valence-electron chi connectivity index (χ1n) is 5.42. The summed E-state index contributed by atoms with van der Waals surface area (Å²) in [4.78, 5) is 13.5. The topological polar surface area (TPSA) is 92.3 Å². The maximum Gasteiger partial charge on any atom is 0.284 e. The minimum absolute atomic E-state index is 0.0347. The molecule has 0 spiro atoms. The Morgan fingerprint density at radius 1 is 1.50 bits per heavy atom. The fourth-order valence-electron chi connectivity index (χ4n) is 1.81. The van der Waals surface area contributed by atoms with E-state index in [1.165, 1.54) is 4.90 Å². The predicted molar refractivity (Wildman–Crippen MR) is 68.6 cm³/mol. The highest BCUT2D eigenvalue weighted by Gasteiger charge is 2.33. The van der Waals surface area contributed by atoms with Gasteiger partial charge in [0.1, 0.15) is 0 Å². The van der Waals surface area contributed by atoms with Gasteiger partial charge in [0, 0.05) is 20.1 Å². The summed E-state index contributed by atoms with van der Waals surface area (Å²) in [6.07, 6.45) is 0.488. The van der Waals surface area contributed by atoms with Crippen LogP contribution in [0, 0.1) is 0 Å². The molecule has 1 amide bonds. The van der Waals surface area contributed by atoms with Crippen molar-refractivity contribution in [3.8, 4) is 0 Å². The van der Waals surface area contributed by atoms with Gasteiger partial charge < -0.3 is 10.2 Å². The summed E-state index contributed by atoms with van der Waals surface area (Å²) in [5, 5.41) is 11.2. The molecule has 1 aromatic rings. The molecule has 100 valence electrons. The second-order valence-corrected chi connectivity index (χ2v) is 7.34. The maximum atomic E-state index is 12.1. The molecule has 0 saturated carbocycles. The lowest BCUT2D eigenvalue weighted by atomic mass is 10.2. The van der Waals surface area contributed by atoms with Gasteiger partial charge in [-0.3, -0.25) is 4.79 Å². The van der Waals surface area contributed by atoms with Gasteiger partial charge in [0.2, 0.25) is 10.1 Å². The van der Waals surface area contributed by atoms with Crippen molar-refractivity contribution in [1.82, 2.24) is 15.1 Å². The normalized spacial score (nSPS) is 21.8.